The lowest BCUT2D eigenvalue weighted by atomic mass is 10.1. The van der Waals surface area contributed by atoms with Gasteiger partial charge in [-0.3, -0.25) is 4.79 Å². The van der Waals surface area contributed by atoms with E-state index in [1.54, 1.807) is 0 Å². The molecule has 0 radical (unpaired) electrons. The Morgan fingerprint density at radius 3 is 2.15 bits per heavy atom. The second-order valence-electron chi connectivity index (χ2n) is 6.33. The predicted molar refractivity (Wildman–Crippen MR) is 106 cm³/mol. The number of anilines is 1. The summed E-state index contributed by atoms with van der Waals surface area (Å²) in [5, 5.41) is 3.68. The number of nitrogens with one attached hydrogen (secondary N) is 1. The number of rotatable bonds is 4. The zero-order valence-corrected chi connectivity index (χ0v) is 16.1. The van der Waals surface area contributed by atoms with Crippen molar-refractivity contribution >= 4 is 23.4 Å². The summed E-state index contributed by atoms with van der Waals surface area (Å²) in [6.45, 7) is 7.89. The van der Waals surface area contributed by atoms with Crippen molar-refractivity contribution in [1.29, 1.82) is 0 Å². The lowest BCUT2D eigenvalue weighted by Gasteiger charge is -2.09. The normalized spacial score (nSPS) is 10.6. The van der Waals surface area contributed by atoms with Gasteiger partial charge in [0.1, 0.15) is 0 Å². The van der Waals surface area contributed by atoms with E-state index in [9.17, 15) is 4.79 Å². The number of aromatic nitrogens is 2. The van der Waals surface area contributed by atoms with E-state index in [2.05, 4.69) is 15.3 Å². The smallest absolute Gasteiger partial charge is 0.255 e. The summed E-state index contributed by atoms with van der Waals surface area (Å²) >= 11 is 1.51. The van der Waals surface area contributed by atoms with Gasteiger partial charge in [0.2, 0.25) is 0 Å². The molecule has 3 aromatic rings. The van der Waals surface area contributed by atoms with E-state index in [1.807, 2.05) is 76.2 Å². The quantitative estimate of drug-likeness (QED) is 0.654. The highest BCUT2D eigenvalue weighted by atomic mass is 32.2. The van der Waals surface area contributed by atoms with Crippen LogP contribution in [0.5, 0.6) is 0 Å². The lowest BCUT2D eigenvalue weighted by molar-refractivity contribution is 0.102. The highest BCUT2D eigenvalue weighted by molar-refractivity contribution is 7.99. The van der Waals surface area contributed by atoms with Gasteiger partial charge in [-0.15, -0.1) is 0 Å². The lowest BCUT2D eigenvalue weighted by Crippen LogP contribution is -2.13. The highest BCUT2D eigenvalue weighted by Crippen LogP contribution is 2.26. The van der Waals surface area contributed by atoms with Gasteiger partial charge in [-0.1, -0.05) is 17.7 Å². The van der Waals surface area contributed by atoms with Crippen molar-refractivity contribution in [2.24, 2.45) is 0 Å². The van der Waals surface area contributed by atoms with Crippen LogP contribution in [0.2, 0.25) is 0 Å². The fourth-order valence-corrected chi connectivity index (χ4v) is 3.58. The first-order valence-corrected chi connectivity index (χ1v) is 9.21. The topological polar surface area (TPSA) is 54.9 Å². The third kappa shape index (κ3) is 4.49. The van der Waals surface area contributed by atoms with Crippen LogP contribution in [0.3, 0.4) is 0 Å². The maximum atomic E-state index is 12.5. The van der Waals surface area contributed by atoms with Gasteiger partial charge in [0.05, 0.1) is 0 Å². The molecule has 0 saturated heterocycles. The summed E-state index contributed by atoms with van der Waals surface area (Å²) in [5.41, 5.74) is 5.49. The van der Waals surface area contributed by atoms with E-state index in [0.717, 1.165) is 38.3 Å². The molecule has 1 N–H and O–H groups in total. The SMILES string of the molecule is Cc1ccc(C(=O)Nc2ccc(Sc3nc(C)cc(C)n3)cc2)c(C)c1. The van der Waals surface area contributed by atoms with Gasteiger partial charge in [-0.2, -0.15) is 0 Å². The molecule has 0 aliphatic rings. The highest BCUT2D eigenvalue weighted by Gasteiger charge is 2.09. The van der Waals surface area contributed by atoms with Gasteiger partial charge in [0, 0.05) is 27.5 Å². The molecule has 1 heterocycles. The molecular weight excluding hydrogens is 342 g/mol. The van der Waals surface area contributed by atoms with E-state index in [0.29, 0.717) is 5.56 Å². The summed E-state index contributed by atoms with van der Waals surface area (Å²) in [7, 11) is 0. The van der Waals surface area contributed by atoms with Crippen LogP contribution < -0.4 is 5.32 Å². The fourth-order valence-electron chi connectivity index (χ4n) is 2.72. The summed E-state index contributed by atoms with van der Waals surface area (Å²) in [5.74, 6) is -0.0967. The zero-order valence-electron chi connectivity index (χ0n) is 15.3. The Morgan fingerprint density at radius 1 is 0.885 bits per heavy atom. The van der Waals surface area contributed by atoms with Crippen LogP contribution in [-0.4, -0.2) is 15.9 Å². The standard InChI is InChI=1S/C21H21N3OS/c1-13-5-10-19(14(2)11-13)20(25)24-17-6-8-18(9-7-17)26-21-22-15(3)12-16(4)23-21/h5-12H,1-4H3,(H,24,25). The molecule has 2 aromatic carbocycles. The molecule has 0 bridgehead atoms. The molecular formula is C21H21N3OS. The third-order valence-corrected chi connectivity index (χ3v) is 4.78. The molecule has 0 unspecified atom stereocenters. The van der Waals surface area contributed by atoms with Gasteiger partial charge >= 0.3 is 0 Å². The molecule has 132 valence electrons. The van der Waals surface area contributed by atoms with Gasteiger partial charge in [0.25, 0.3) is 5.91 Å². The van der Waals surface area contributed by atoms with Crippen molar-refractivity contribution < 1.29 is 4.79 Å². The van der Waals surface area contributed by atoms with Crippen LogP contribution in [0.15, 0.2) is 58.6 Å². The van der Waals surface area contributed by atoms with Crippen molar-refractivity contribution in [3.05, 3.63) is 76.6 Å². The number of amides is 1. The Labute approximate surface area is 158 Å². The Balaban J connectivity index is 1.70. The number of hydrogen-bond donors (Lipinski definition) is 1. The van der Waals surface area contributed by atoms with Crippen LogP contribution in [0.25, 0.3) is 0 Å². The number of carbonyl (C=O) groups is 1. The van der Waals surface area contributed by atoms with Crippen molar-refractivity contribution in [3.8, 4) is 0 Å². The number of nitrogens with zero attached hydrogens (tertiary/aromatic N) is 2. The van der Waals surface area contributed by atoms with Gasteiger partial charge in [-0.25, -0.2) is 9.97 Å². The first kappa shape index (κ1) is 18.1. The van der Waals surface area contributed by atoms with Crippen LogP contribution in [0.4, 0.5) is 5.69 Å². The number of carbonyl (C=O) groups excluding carboxylic acids is 1. The van der Waals surface area contributed by atoms with Crippen molar-refractivity contribution in [1.82, 2.24) is 9.97 Å². The second-order valence-corrected chi connectivity index (χ2v) is 7.37. The van der Waals surface area contributed by atoms with E-state index >= 15 is 0 Å². The summed E-state index contributed by atoms with van der Waals surface area (Å²) in [6, 6.07) is 15.5. The Hall–Kier alpha value is -2.66. The summed E-state index contributed by atoms with van der Waals surface area (Å²) < 4.78 is 0. The summed E-state index contributed by atoms with van der Waals surface area (Å²) in [6.07, 6.45) is 0. The molecule has 4 nitrogen and oxygen atoms in total. The van der Waals surface area contributed by atoms with E-state index < -0.39 is 0 Å². The minimum Gasteiger partial charge on any atom is -0.322 e. The molecule has 0 aliphatic carbocycles. The molecule has 5 heteroatoms. The molecule has 1 amide bonds. The summed E-state index contributed by atoms with van der Waals surface area (Å²) in [4.78, 5) is 22.4. The molecule has 0 fully saturated rings. The molecule has 0 atom stereocenters. The molecule has 0 saturated carbocycles. The van der Waals surface area contributed by atoms with Crippen LogP contribution >= 0.6 is 11.8 Å². The van der Waals surface area contributed by atoms with Crippen molar-refractivity contribution in [3.63, 3.8) is 0 Å². The monoisotopic (exact) mass is 363 g/mol. The molecule has 0 aliphatic heterocycles. The van der Waals surface area contributed by atoms with Gasteiger partial charge in [0.15, 0.2) is 5.16 Å². The van der Waals surface area contributed by atoms with Crippen molar-refractivity contribution in [2.75, 3.05) is 5.32 Å². The number of benzene rings is 2. The van der Waals surface area contributed by atoms with Gasteiger partial charge < -0.3 is 5.32 Å². The number of aryl methyl sites for hydroxylation is 4. The molecule has 26 heavy (non-hydrogen) atoms. The van der Waals surface area contributed by atoms with Gasteiger partial charge in [-0.05, 0) is 81.4 Å². The van der Waals surface area contributed by atoms with Crippen LogP contribution in [0.1, 0.15) is 32.9 Å². The third-order valence-electron chi connectivity index (χ3n) is 3.91. The zero-order chi connectivity index (χ0) is 18.7. The molecule has 0 spiro atoms. The van der Waals surface area contributed by atoms with E-state index in [-0.39, 0.29) is 5.91 Å². The second kappa shape index (κ2) is 7.70. The average molecular weight is 363 g/mol. The Morgan fingerprint density at radius 2 is 1.54 bits per heavy atom. The first-order valence-electron chi connectivity index (χ1n) is 8.39. The Bertz CT molecular complexity index is 932. The largest absolute Gasteiger partial charge is 0.322 e. The maximum Gasteiger partial charge on any atom is 0.255 e. The fraction of sp³-hybridized carbons (Fsp3) is 0.190. The van der Waals surface area contributed by atoms with E-state index in [4.69, 9.17) is 0 Å². The minimum atomic E-state index is -0.0967. The van der Waals surface area contributed by atoms with Crippen LogP contribution in [-0.2, 0) is 0 Å². The number of hydrogen-bond acceptors (Lipinski definition) is 4. The first-order chi connectivity index (χ1) is 12.4. The minimum absolute atomic E-state index is 0.0967. The maximum absolute atomic E-state index is 12.5. The predicted octanol–water partition coefficient (Wildman–Crippen LogP) is 5.11. The molecule has 1 aromatic heterocycles. The Kier molecular flexibility index (Phi) is 5.38. The van der Waals surface area contributed by atoms with E-state index in [1.165, 1.54) is 11.8 Å². The van der Waals surface area contributed by atoms with Crippen molar-refractivity contribution in [2.45, 2.75) is 37.7 Å². The van der Waals surface area contributed by atoms with Crippen LogP contribution in [0, 0.1) is 27.7 Å². The average Bonchev–Trinajstić information content (AvgIpc) is 2.55. The molecule has 3 rings (SSSR count).